The first kappa shape index (κ1) is 20.0. The number of rotatable bonds is 7. The fourth-order valence-electron chi connectivity index (χ4n) is 2.53. The smallest absolute Gasteiger partial charge is 0.191 e. The van der Waals surface area contributed by atoms with Crippen LogP contribution in [0, 0.1) is 0 Å². The minimum Gasteiger partial charge on any atom is -0.356 e. The van der Waals surface area contributed by atoms with Gasteiger partial charge in [0.2, 0.25) is 0 Å². The second-order valence-corrected chi connectivity index (χ2v) is 7.60. The quantitative estimate of drug-likeness (QED) is 0.370. The van der Waals surface area contributed by atoms with Crippen LogP contribution in [0.4, 0.5) is 0 Å². The maximum absolute atomic E-state index is 4.33. The van der Waals surface area contributed by atoms with E-state index in [0.29, 0.717) is 4.75 Å². The first-order valence-electron chi connectivity index (χ1n) is 8.37. The van der Waals surface area contributed by atoms with Crippen LogP contribution in [-0.2, 0) is 6.42 Å². The van der Waals surface area contributed by atoms with Crippen LogP contribution in [0.5, 0.6) is 0 Å². The second kappa shape index (κ2) is 10.0. The molecule has 3 rings (SSSR count). The van der Waals surface area contributed by atoms with Crippen LogP contribution in [0.1, 0.15) is 18.4 Å². The summed E-state index contributed by atoms with van der Waals surface area (Å²) in [6.07, 6.45) is 7.17. The molecule has 1 heterocycles. The van der Waals surface area contributed by atoms with Crippen LogP contribution < -0.4 is 10.6 Å². The Morgan fingerprint density at radius 3 is 2.60 bits per heavy atom. The van der Waals surface area contributed by atoms with Crippen molar-refractivity contribution in [2.45, 2.75) is 28.9 Å². The molecule has 1 aromatic heterocycles. The van der Waals surface area contributed by atoms with Gasteiger partial charge in [-0.15, -0.1) is 35.7 Å². The molecule has 0 atom stereocenters. The van der Waals surface area contributed by atoms with Gasteiger partial charge in [-0.2, -0.15) is 0 Å². The van der Waals surface area contributed by atoms with Crippen molar-refractivity contribution in [1.82, 2.24) is 15.6 Å². The topological polar surface area (TPSA) is 49.3 Å². The summed E-state index contributed by atoms with van der Waals surface area (Å²) in [5.74, 6) is 0.874. The summed E-state index contributed by atoms with van der Waals surface area (Å²) in [6.45, 7) is 1.79. The van der Waals surface area contributed by atoms with E-state index >= 15 is 0 Å². The van der Waals surface area contributed by atoms with Crippen molar-refractivity contribution in [2.24, 2.45) is 4.99 Å². The third-order valence-electron chi connectivity index (χ3n) is 4.12. The molecule has 0 radical (unpaired) electrons. The number of hydrogen-bond donors (Lipinski definition) is 2. The van der Waals surface area contributed by atoms with Crippen LogP contribution in [-0.4, -0.2) is 35.8 Å². The molecule has 1 fully saturated rings. The molecule has 0 bridgehead atoms. The Balaban J connectivity index is 0.00000225. The Hall–Kier alpha value is -1.28. The third-order valence-corrected chi connectivity index (χ3v) is 5.61. The highest BCUT2D eigenvalue weighted by atomic mass is 127. The molecule has 1 aliphatic rings. The Kier molecular flexibility index (Phi) is 8.02. The Morgan fingerprint density at radius 1 is 1.16 bits per heavy atom. The zero-order chi connectivity index (χ0) is 16.7. The van der Waals surface area contributed by atoms with Gasteiger partial charge in [-0.1, -0.05) is 24.3 Å². The lowest BCUT2D eigenvalue weighted by molar-refractivity contribution is 0.760. The van der Waals surface area contributed by atoms with Crippen molar-refractivity contribution in [3.05, 3.63) is 60.4 Å². The van der Waals surface area contributed by atoms with Crippen molar-refractivity contribution in [1.29, 1.82) is 0 Å². The van der Waals surface area contributed by atoms with Gasteiger partial charge in [-0.05, 0) is 43.0 Å². The number of halogens is 1. The molecule has 0 aliphatic heterocycles. The predicted molar refractivity (Wildman–Crippen MR) is 117 cm³/mol. The van der Waals surface area contributed by atoms with Gasteiger partial charge in [0.1, 0.15) is 0 Å². The van der Waals surface area contributed by atoms with Crippen molar-refractivity contribution < 1.29 is 0 Å². The van der Waals surface area contributed by atoms with E-state index in [4.69, 9.17) is 0 Å². The first-order valence-corrected chi connectivity index (χ1v) is 9.19. The molecule has 6 heteroatoms. The van der Waals surface area contributed by atoms with Gasteiger partial charge < -0.3 is 10.6 Å². The van der Waals surface area contributed by atoms with Crippen molar-refractivity contribution in [2.75, 3.05) is 20.1 Å². The highest BCUT2D eigenvalue weighted by Gasteiger charge is 2.43. The predicted octanol–water partition coefficient (Wildman–Crippen LogP) is 3.73. The number of nitrogens with zero attached hydrogens (tertiary/aromatic N) is 2. The second-order valence-electron chi connectivity index (χ2n) is 6.06. The standard InChI is InChI=1S/C19H24N4S.HI/c1-20-18(22-13-9-16-6-5-12-21-14-16)23-15-19(10-11-19)24-17-7-3-2-4-8-17;/h2-8,12,14H,9-11,13,15H2,1H3,(H2,20,22,23);1H. The Bertz CT molecular complexity index is 660. The molecule has 1 aromatic carbocycles. The summed E-state index contributed by atoms with van der Waals surface area (Å²) in [5, 5.41) is 6.87. The van der Waals surface area contributed by atoms with E-state index in [1.807, 2.05) is 31.1 Å². The number of thioether (sulfide) groups is 1. The monoisotopic (exact) mass is 468 g/mol. The van der Waals surface area contributed by atoms with Gasteiger partial charge in [0, 0.05) is 42.2 Å². The summed E-state index contributed by atoms with van der Waals surface area (Å²) < 4.78 is 0.322. The van der Waals surface area contributed by atoms with Crippen molar-refractivity contribution in [3.8, 4) is 0 Å². The summed E-state index contributed by atoms with van der Waals surface area (Å²) >= 11 is 1.98. The molecule has 1 saturated carbocycles. The molecule has 4 nitrogen and oxygen atoms in total. The molecule has 0 saturated heterocycles. The van der Waals surface area contributed by atoms with E-state index in [2.05, 4.69) is 57.0 Å². The lowest BCUT2D eigenvalue weighted by atomic mass is 10.2. The Morgan fingerprint density at radius 2 is 1.96 bits per heavy atom. The highest BCUT2D eigenvalue weighted by molar-refractivity contribution is 14.0. The van der Waals surface area contributed by atoms with Crippen LogP contribution >= 0.6 is 35.7 Å². The van der Waals surface area contributed by atoms with Gasteiger partial charge in [0.15, 0.2) is 5.96 Å². The van der Waals surface area contributed by atoms with Crippen LogP contribution in [0.2, 0.25) is 0 Å². The zero-order valence-electron chi connectivity index (χ0n) is 14.4. The van der Waals surface area contributed by atoms with Gasteiger partial charge >= 0.3 is 0 Å². The van der Waals surface area contributed by atoms with Crippen molar-refractivity contribution in [3.63, 3.8) is 0 Å². The van der Waals surface area contributed by atoms with Gasteiger partial charge in [0.25, 0.3) is 0 Å². The van der Waals surface area contributed by atoms with E-state index in [-0.39, 0.29) is 24.0 Å². The van der Waals surface area contributed by atoms with Gasteiger partial charge in [-0.25, -0.2) is 0 Å². The molecule has 0 spiro atoms. The van der Waals surface area contributed by atoms with Crippen LogP contribution in [0.3, 0.4) is 0 Å². The minimum atomic E-state index is 0. The molecule has 2 N–H and O–H groups in total. The third kappa shape index (κ3) is 6.51. The largest absolute Gasteiger partial charge is 0.356 e. The summed E-state index contributed by atoms with van der Waals surface area (Å²) in [4.78, 5) is 9.81. The molecule has 25 heavy (non-hydrogen) atoms. The fraction of sp³-hybridized carbons (Fsp3) is 0.368. The number of nitrogens with one attached hydrogen (secondary N) is 2. The number of hydrogen-bond acceptors (Lipinski definition) is 3. The van der Waals surface area contributed by atoms with Crippen LogP contribution in [0.25, 0.3) is 0 Å². The fourth-order valence-corrected chi connectivity index (χ4v) is 3.77. The molecule has 0 unspecified atom stereocenters. The van der Waals surface area contributed by atoms with Gasteiger partial charge in [0.05, 0.1) is 0 Å². The van der Waals surface area contributed by atoms with E-state index < -0.39 is 0 Å². The number of aromatic nitrogens is 1. The van der Waals surface area contributed by atoms with Crippen LogP contribution in [0.15, 0.2) is 64.7 Å². The SMILES string of the molecule is CN=C(NCCc1cccnc1)NCC1(Sc2ccccc2)CC1.I. The highest BCUT2D eigenvalue weighted by Crippen LogP contribution is 2.51. The van der Waals surface area contributed by atoms with Crippen molar-refractivity contribution >= 4 is 41.7 Å². The maximum Gasteiger partial charge on any atom is 0.191 e. The summed E-state index contributed by atoms with van der Waals surface area (Å²) in [5.41, 5.74) is 1.23. The maximum atomic E-state index is 4.33. The van der Waals surface area contributed by atoms with E-state index in [1.165, 1.54) is 23.3 Å². The first-order chi connectivity index (χ1) is 11.8. The van der Waals surface area contributed by atoms with E-state index in [0.717, 1.165) is 25.5 Å². The van der Waals surface area contributed by atoms with Gasteiger partial charge in [-0.3, -0.25) is 9.98 Å². The minimum absolute atomic E-state index is 0. The number of benzene rings is 1. The molecule has 134 valence electrons. The average molecular weight is 468 g/mol. The number of aliphatic imine (C=N–C) groups is 1. The normalized spacial score (nSPS) is 15.2. The summed E-state index contributed by atoms with van der Waals surface area (Å²) in [6, 6.07) is 14.7. The van der Waals surface area contributed by atoms with E-state index in [1.54, 1.807) is 6.20 Å². The molecule has 0 amide bonds. The zero-order valence-corrected chi connectivity index (χ0v) is 17.6. The van der Waals surface area contributed by atoms with E-state index in [9.17, 15) is 0 Å². The molecule has 2 aromatic rings. The lowest BCUT2D eigenvalue weighted by Crippen LogP contribution is -2.41. The molecule has 1 aliphatic carbocycles. The summed E-state index contributed by atoms with van der Waals surface area (Å²) in [7, 11) is 1.82. The molecular weight excluding hydrogens is 443 g/mol. The number of pyridine rings is 1. The average Bonchev–Trinajstić information content (AvgIpc) is 3.39. The molecular formula is C19H25IN4S. The Labute approximate surface area is 171 Å². The number of guanidine groups is 1. The lowest BCUT2D eigenvalue weighted by Gasteiger charge is -2.18.